The highest BCUT2D eigenvalue weighted by atomic mass is 16.5. The highest BCUT2D eigenvalue weighted by Gasteiger charge is 2.44. The van der Waals surface area contributed by atoms with Gasteiger partial charge in [-0.15, -0.1) is 0 Å². The average molecular weight is 186 g/mol. The van der Waals surface area contributed by atoms with Gasteiger partial charge in [0.2, 0.25) is 5.91 Å². The Kier molecular flexibility index (Phi) is 3.69. The minimum atomic E-state index is -0.423. The molecule has 0 aromatic carbocycles. The second-order valence-corrected chi connectivity index (χ2v) is 3.59. The number of carbonyl (C=O) groups is 1. The molecule has 0 bridgehead atoms. The lowest BCUT2D eigenvalue weighted by Gasteiger charge is -2.38. The number of rotatable bonds is 5. The molecule has 76 valence electrons. The molecule has 1 fully saturated rings. The van der Waals surface area contributed by atoms with Gasteiger partial charge in [0.05, 0.1) is 13.2 Å². The molecular weight excluding hydrogens is 168 g/mol. The standard InChI is InChI=1S/C9H18N2O2/c1-2-3-4-11-8(12)9(5-10)6-13-7-9/h2-7,10H2,1H3,(H,11,12). The summed E-state index contributed by atoms with van der Waals surface area (Å²) in [5, 5.41) is 2.88. The van der Waals surface area contributed by atoms with E-state index < -0.39 is 5.41 Å². The van der Waals surface area contributed by atoms with E-state index in [2.05, 4.69) is 12.2 Å². The van der Waals surface area contributed by atoms with Crippen LogP contribution < -0.4 is 11.1 Å². The molecule has 0 atom stereocenters. The van der Waals surface area contributed by atoms with Crippen LogP contribution in [-0.2, 0) is 9.53 Å². The fourth-order valence-electron chi connectivity index (χ4n) is 1.26. The molecular formula is C9H18N2O2. The summed E-state index contributed by atoms with van der Waals surface area (Å²) in [5.74, 6) is 0.0506. The third-order valence-electron chi connectivity index (χ3n) is 2.45. The van der Waals surface area contributed by atoms with E-state index in [0.29, 0.717) is 19.8 Å². The molecule has 0 spiro atoms. The molecule has 13 heavy (non-hydrogen) atoms. The Morgan fingerprint density at radius 3 is 2.69 bits per heavy atom. The number of nitrogens with two attached hydrogens (primary N) is 1. The normalized spacial score (nSPS) is 19.2. The van der Waals surface area contributed by atoms with Crippen LogP contribution in [0.25, 0.3) is 0 Å². The van der Waals surface area contributed by atoms with Gasteiger partial charge >= 0.3 is 0 Å². The van der Waals surface area contributed by atoms with Crippen molar-refractivity contribution in [3.8, 4) is 0 Å². The Morgan fingerprint density at radius 2 is 2.31 bits per heavy atom. The zero-order valence-electron chi connectivity index (χ0n) is 8.14. The van der Waals surface area contributed by atoms with Crippen molar-refractivity contribution in [1.29, 1.82) is 0 Å². The summed E-state index contributed by atoms with van der Waals surface area (Å²) in [5.41, 5.74) is 5.11. The summed E-state index contributed by atoms with van der Waals surface area (Å²) in [7, 11) is 0. The maximum absolute atomic E-state index is 11.6. The SMILES string of the molecule is CCCCNC(=O)C1(CN)COC1. The van der Waals surface area contributed by atoms with Gasteiger partial charge in [0.25, 0.3) is 0 Å². The molecule has 3 N–H and O–H groups in total. The minimum absolute atomic E-state index is 0.0506. The van der Waals surface area contributed by atoms with E-state index >= 15 is 0 Å². The van der Waals surface area contributed by atoms with Crippen molar-refractivity contribution in [1.82, 2.24) is 5.32 Å². The van der Waals surface area contributed by atoms with Crippen molar-refractivity contribution >= 4 is 5.91 Å². The van der Waals surface area contributed by atoms with Gasteiger partial charge in [-0.25, -0.2) is 0 Å². The van der Waals surface area contributed by atoms with Crippen molar-refractivity contribution in [3.05, 3.63) is 0 Å². The number of amides is 1. The van der Waals surface area contributed by atoms with Crippen LogP contribution in [0, 0.1) is 5.41 Å². The van der Waals surface area contributed by atoms with Crippen molar-refractivity contribution in [3.63, 3.8) is 0 Å². The minimum Gasteiger partial charge on any atom is -0.379 e. The number of hydrogen-bond donors (Lipinski definition) is 2. The molecule has 1 rings (SSSR count). The predicted octanol–water partition coefficient (Wildman–Crippen LogP) is -0.122. The van der Waals surface area contributed by atoms with Crippen LogP contribution in [0.4, 0.5) is 0 Å². The van der Waals surface area contributed by atoms with Crippen LogP contribution in [0.2, 0.25) is 0 Å². The largest absolute Gasteiger partial charge is 0.379 e. The van der Waals surface area contributed by atoms with Gasteiger partial charge < -0.3 is 15.8 Å². The molecule has 1 saturated heterocycles. The number of nitrogens with one attached hydrogen (secondary N) is 1. The number of hydrogen-bond acceptors (Lipinski definition) is 3. The molecule has 0 aromatic heterocycles. The van der Waals surface area contributed by atoms with E-state index in [1.54, 1.807) is 0 Å². The highest BCUT2D eigenvalue weighted by Crippen LogP contribution is 2.25. The summed E-state index contributed by atoms with van der Waals surface area (Å²) in [6.45, 7) is 4.17. The zero-order chi connectivity index (χ0) is 9.73. The van der Waals surface area contributed by atoms with Gasteiger partial charge in [-0.05, 0) is 6.42 Å². The summed E-state index contributed by atoms with van der Waals surface area (Å²) in [6, 6.07) is 0. The number of carbonyl (C=O) groups excluding carboxylic acids is 1. The van der Waals surface area contributed by atoms with Crippen LogP contribution in [0.3, 0.4) is 0 Å². The van der Waals surface area contributed by atoms with E-state index in [0.717, 1.165) is 19.4 Å². The van der Waals surface area contributed by atoms with Gasteiger partial charge in [-0.3, -0.25) is 4.79 Å². The molecule has 0 aromatic rings. The Bertz CT molecular complexity index is 173. The summed E-state index contributed by atoms with van der Waals surface area (Å²) < 4.78 is 5.02. The van der Waals surface area contributed by atoms with Gasteiger partial charge in [0, 0.05) is 13.1 Å². The maximum Gasteiger partial charge on any atom is 0.232 e. The second-order valence-electron chi connectivity index (χ2n) is 3.59. The monoisotopic (exact) mass is 186 g/mol. The predicted molar refractivity (Wildman–Crippen MR) is 50.2 cm³/mol. The third kappa shape index (κ3) is 2.19. The average Bonchev–Trinajstić information content (AvgIpc) is 2.04. The lowest BCUT2D eigenvalue weighted by atomic mass is 9.85. The third-order valence-corrected chi connectivity index (χ3v) is 2.45. The van der Waals surface area contributed by atoms with Gasteiger partial charge in [-0.2, -0.15) is 0 Å². The van der Waals surface area contributed by atoms with E-state index in [9.17, 15) is 4.79 Å². The molecule has 0 aliphatic carbocycles. The molecule has 1 aliphatic heterocycles. The van der Waals surface area contributed by atoms with E-state index in [-0.39, 0.29) is 5.91 Å². The van der Waals surface area contributed by atoms with Crippen LogP contribution in [0.15, 0.2) is 0 Å². The van der Waals surface area contributed by atoms with Crippen LogP contribution in [0.1, 0.15) is 19.8 Å². The van der Waals surface area contributed by atoms with E-state index in [4.69, 9.17) is 10.5 Å². The summed E-state index contributed by atoms with van der Waals surface area (Å²) in [6.07, 6.45) is 2.11. The summed E-state index contributed by atoms with van der Waals surface area (Å²) in [4.78, 5) is 11.6. The lowest BCUT2D eigenvalue weighted by molar-refractivity contribution is -0.159. The topological polar surface area (TPSA) is 64.4 Å². The molecule has 0 radical (unpaired) electrons. The first-order valence-corrected chi connectivity index (χ1v) is 4.81. The molecule has 4 nitrogen and oxygen atoms in total. The Labute approximate surface area is 78.8 Å². The summed E-state index contributed by atoms with van der Waals surface area (Å²) >= 11 is 0. The Hall–Kier alpha value is -0.610. The first-order chi connectivity index (χ1) is 6.25. The van der Waals surface area contributed by atoms with E-state index in [1.807, 2.05) is 0 Å². The van der Waals surface area contributed by atoms with E-state index in [1.165, 1.54) is 0 Å². The lowest BCUT2D eigenvalue weighted by Crippen LogP contribution is -2.58. The van der Waals surface area contributed by atoms with Crippen LogP contribution in [-0.4, -0.2) is 32.2 Å². The van der Waals surface area contributed by atoms with Gasteiger partial charge in [-0.1, -0.05) is 13.3 Å². The molecule has 0 unspecified atom stereocenters. The molecule has 4 heteroatoms. The van der Waals surface area contributed by atoms with Crippen LogP contribution in [0.5, 0.6) is 0 Å². The van der Waals surface area contributed by atoms with Crippen molar-refractivity contribution < 1.29 is 9.53 Å². The van der Waals surface area contributed by atoms with Crippen molar-refractivity contribution in [2.45, 2.75) is 19.8 Å². The fraction of sp³-hybridized carbons (Fsp3) is 0.889. The smallest absolute Gasteiger partial charge is 0.232 e. The van der Waals surface area contributed by atoms with Crippen molar-refractivity contribution in [2.75, 3.05) is 26.3 Å². The Balaban J connectivity index is 2.28. The first-order valence-electron chi connectivity index (χ1n) is 4.81. The Morgan fingerprint density at radius 1 is 1.62 bits per heavy atom. The fourth-order valence-corrected chi connectivity index (χ4v) is 1.26. The van der Waals surface area contributed by atoms with Gasteiger partial charge in [0.15, 0.2) is 0 Å². The maximum atomic E-state index is 11.6. The molecule has 1 aliphatic rings. The number of unbranched alkanes of at least 4 members (excludes halogenated alkanes) is 1. The molecule has 1 heterocycles. The first kappa shape index (κ1) is 10.5. The molecule has 0 saturated carbocycles. The van der Waals surface area contributed by atoms with Crippen LogP contribution >= 0.6 is 0 Å². The molecule has 1 amide bonds. The quantitative estimate of drug-likeness (QED) is 0.588. The highest BCUT2D eigenvalue weighted by molar-refractivity contribution is 5.84. The number of ether oxygens (including phenoxy) is 1. The van der Waals surface area contributed by atoms with Gasteiger partial charge in [0.1, 0.15) is 5.41 Å². The van der Waals surface area contributed by atoms with Crippen molar-refractivity contribution in [2.24, 2.45) is 11.1 Å². The second kappa shape index (κ2) is 4.58. The zero-order valence-corrected chi connectivity index (χ0v) is 8.14.